The Hall–Kier alpha value is -2.49. The van der Waals surface area contributed by atoms with E-state index in [0.29, 0.717) is 11.5 Å². The van der Waals surface area contributed by atoms with E-state index in [4.69, 9.17) is 9.47 Å². The van der Waals surface area contributed by atoms with Crippen molar-refractivity contribution >= 4 is 5.91 Å². The third kappa shape index (κ3) is 5.01. The van der Waals surface area contributed by atoms with Gasteiger partial charge < -0.3 is 14.8 Å². The van der Waals surface area contributed by atoms with Crippen LogP contribution in [0.15, 0.2) is 48.5 Å². The van der Waals surface area contributed by atoms with Crippen LogP contribution in [-0.2, 0) is 10.2 Å². The van der Waals surface area contributed by atoms with Gasteiger partial charge in [0, 0.05) is 0 Å². The highest BCUT2D eigenvalue weighted by molar-refractivity contribution is 5.81. The van der Waals surface area contributed by atoms with Crippen LogP contribution in [0.25, 0.3) is 0 Å². The summed E-state index contributed by atoms with van der Waals surface area (Å²) >= 11 is 0. The first kappa shape index (κ1) is 19.8. The minimum absolute atomic E-state index is 0.0970. The summed E-state index contributed by atoms with van der Waals surface area (Å²) in [5.41, 5.74) is 2.45. The lowest BCUT2D eigenvalue weighted by Gasteiger charge is -2.22. The van der Waals surface area contributed by atoms with E-state index in [2.05, 4.69) is 50.4 Å². The van der Waals surface area contributed by atoms with Gasteiger partial charge in [-0.15, -0.1) is 0 Å². The van der Waals surface area contributed by atoms with Crippen LogP contribution in [0, 0.1) is 0 Å². The molecule has 0 saturated heterocycles. The minimum atomic E-state index is -0.623. The van der Waals surface area contributed by atoms with Crippen LogP contribution in [-0.4, -0.2) is 19.1 Å². The molecule has 0 aromatic heterocycles. The molecule has 0 saturated carbocycles. The highest BCUT2D eigenvalue weighted by atomic mass is 16.5. The summed E-state index contributed by atoms with van der Waals surface area (Å²) in [5, 5.41) is 3.01. The molecule has 2 aromatic rings. The zero-order chi connectivity index (χ0) is 19.3. The summed E-state index contributed by atoms with van der Waals surface area (Å²) in [6.07, 6.45) is -0.623. The lowest BCUT2D eigenvalue weighted by atomic mass is 9.86. The Morgan fingerprint density at radius 1 is 0.962 bits per heavy atom. The number of carbonyl (C=O) groups excluding carboxylic acids is 1. The number of amides is 1. The molecule has 4 heteroatoms. The number of benzene rings is 2. The molecule has 0 aliphatic carbocycles. The molecule has 0 fully saturated rings. The van der Waals surface area contributed by atoms with E-state index in [1.165, 1.54) is 5.56 Å². The average molecular weight is 355 g/mol. The second-order valence-electron chi connectivity index (χ2n) is 7.51. The maximum Gasteiger partial charge on any atom is 0.261 e. The highest BCUT2D eigenvalue weighted by Gasteiger charge is 2.20. The van der Waals surface area contributed by atoms with Crippen molar-refractivity contribution in [3.05, 3.63) is 59.7 Å². The van der Waals surface area contributed by atoms with Crippen molar-refractivity contribution in [3.63, 3.8) is 0 Å². The van der Waals surface area contributed by atoms with Crippen LogP contribution in [0.3, 0.4) is 0 Å². The summed E-state index contributed by atoms with van der Waals surface area (Å²) in [6, 6.07) is 15.6. The molecule has 2 atom stereocenters. The number of carbonyl (C=O) groups is 1. The van der Waals surface area contributed by atoms with Crippen molar-refractivity contribution < 1.29 is 14.3 Å². The fourth-order valence-corrected chi connectivity index (χ4v) is 2.65. The van der Waals surface area contributed by atoms with Crippen LogP contribution >= 0.6 is 0 Å². The van der Waals surface area contributed by atoms with E-state index in [0.717, 1.165) is 5.56 Å². The fraction of sp³-hybridized carbons (Fsp3) is 0.409. The van der Waals surface area contributed by atoms with Gasteiger partial charge in [-0.1, -0.05) is 57.2 Å². The lowest BCUT2D eigenvalue weighted by molar-refractivity contribution is -0.127. The molecule has 140 valence electrons. The van der Waals surface area contributed by atoms with Crippen molar-refractivity contribution in [1.29, 1.82) is 0 Å². The molecule has 2 aromatic carbocycles. The molecular weight excluding hydrogens is 326 g/mol. The molecule has 0 bridgehead atoms. The standard InChI is InChI=1S/C22H29NO3/c1-15(17-11-13-18(14-12-17)22(3,4)5)23-21(24)16(2)26-20-10-8-7-9-19(20)25-6/h7-16H,1-6H3,(H,23,24). The predicted molar refractivity (Wildman–Crippen MR) is 105 cm³/mol. The van der Waals surface area contributed by atoms with Crippen LogP contribution in [0.4, 0.5) is 0 Å². The molecular formula is C22H29NO3. The third-order valence-corrected chi connectivity index (χ3v) is 4.38. The monoisotopic (exact) mass is 355 g/mol. The highest BCUT2D eigenvalue weighted by Crippen LogP contribution is 2.27. The molecule has 2 unspecified atom stereocenters. The van der Waals surface area contributed by atoms with Gasteiger partial charge in [-0.3, -0.25) is 4.79 Å². The number of rotatable bonds is 6. The molecule has 0 aliphatic heterocycles. The predicted octanol–water partition coefficient (Wildman–Crippen LogP) is 4.64. The molecule has 0 aliphatic rings. The molecule has 1 amide bonds. The Morgan fingerprint density at radius 3 is 2.08 bits per heavy atom. The second-order valence-corrected chi connectivity index (χ2v) is 7.51. The van der Waals surface area contributed by atoms with Crippen LogP contribution in [0.2, 0.25) is 0 Å². The van der Waals surface area contributed by atoms with Gasteiger partial charge in [0.1, 0.15) is 0 Å². The number of nitrogens with one attached hydrogen (secondary N) is 1. The van der Waals surface area contributed by atoms with E-state index >= 15 is 0 Å². The Balaban J connectivity index is 1.99. The number of methoxy groups -OCH3 is 1. The second kappa shape index (κ2) is 8.26. The van der Waals surface area contributed by atoms with Crippen molar-refractivity contribution in [1.82, 2.24) is 5.32 Å². The minimum Gasteiger partial charge on any atom is -0.493 e. The number of hydrogen-bond acceptors (Lipinski definition) is 3. The van der Waals surface area contributed by atoms with Crippen LogP contribution in [0.1, 0.15) is 51.8 Å². The lowest BCUT2D eigenvalue weighted by Crippen LogP contribution is -2.37. The topological polar surface area (TPSA) is 47.6 Å². The van der Waals surface area contributed by atoms with Gasteiger partial charge in [-0.2, -0.15) is 0 Å². The third-order valence-electron chi connectivity index (χ3n) is 4.38. The van der Waals surface area contributed by atoms with Crippen LogP contribution in [0.5, 0.6) is 11.5 Å². The average Bonchev–Trinajstić information content (AvgIpc) is 2.61. The summed E-state index contributed by atoms with van der Waals surface area (Å²) in [5.74, 6) is 1.00. The fourth-order valence-electron chi connectivity index (χ4n) is 2.65. The van der Waals surface area contributed by atoms with Crippen molar-refractivity contribution in [3.8, 4) is 11.5 Å². The number of hydrogen-bond donors (Lipinski definition) is 1. The molecule has 0 heterocycles. The zero-order valence-corrected chi connectivity index (χ0v) is 16.5. The van der Waals surface area contributed by atoms with Gasteiger partial charge in [0.2, 0.25) is 0 Å². The normalized spacial score (nSPS) is 13.6. The summed E-state index contributed by atoms with van der Waals surface area (Å²) < 4.78 is 11.0. The van der Waals surface area contributed by atoms with Gasteiger partial charge >= 0.3 is 0 Å². The van der Waals surface area contributed by atoms with Crippen molar-refractivity contribution in [2.75, 3.05) is 7.11 Å². The Bertz CT molecular complexity index is 732. The summed E-state index contributed by atoms with van der Waals surface area (Å²) in [4.78, 5) is 12.5. The number of ether oxygens (including phenoxy) is 2. The van der Waals surface area contributed by atoms with Gasteiger partial charge in [0.25, 0.3) is 5.91 Å². The quantitative estimate of drug-likeness (QED) is 0.821. The van der Waals surface area contributed by atoms with Crippen molar-refractivity contribution in [2.24, 2.45) is 0 Å². The Morgan fingerprint density at radius 2 is 1.54 bits per heavy atom. The Labute approximate surface area is 156 Å². The molecule has 4 nitrogen and oxygen atoms in total. The maximum atomic E-state index is 12.5. The SMILES string of the molecule is COc1ccccc1OC(C)C(=O)NC(C)c1ccc(C(C)(C)C)cc1. The first-order chi connectivity index (χ1) is 12.2. The van der Waals surface area contributed by atoms with E-state index in [1.54, 1.807) is 26.2 Å². The summed E-state index contributed by atoms with van der Waals surface area (Å²) in [6.45, 7) is 10.3. The van der Waals surface area contributed by atoms with E-state index < -0.39 is 6.10 Å². The van der Waals surface area contributed by atoms with Gasteiger partial charge in [-0.25, -0.2) is 0 Å². The first-order valence-electron chi connectivity index (χ1n) is 8.93. The van der Waals surface area contributed by atoms with Gasteiger partial charge in [0.15, 0.2) is 17.6 Å². The molecule has 0 spiro atoms. The van der Waals surface area contributed by atoms with Gasteiger partial charge in [-0.05, 0) is 42.5 Å². The van der Waals surface area contributed by atoms with Gasteiger partial charge in [0.05, 0.1) is 13.2 Å². The molecule has 1 N–H and O–H groups in total. The van der Waals surface area contributed by atoms with E-state index in [1.807, 2.05) is 19.1 Å². The van der Waals surface area contributed by atoms with E-state index in [-0.39, 0.29) is 17.4 Å². The van der Waals surface area contributed by atoms with Crippen molar-refractivity contribution in [2.45, 2.75) is 52.2 Å². The van der Waals surface area contributed by atoms with Crippen LogP contribution < -0.4 is 14.8 Å². The molecule has 0 radical (unpaired) electrons. The number of para-hydroxylation sites is 2. The maximum absolute atomic E-state index is 12.5. The first-order valence-corrected chi connectivity index (χ1v) is 8.93. The molecule has 2 rings (SSSR count). The Kier molecular flexibility index (Phi) is 6.30. The molecule has 26 heavy (non-hydrogen) atoms. The van der Waals surface area contributed by atoms with E-state index in [9.17, 15) is 4.79 Å². The largest absolute Gasteiger partial charge is 0.493 e. The zero-order valence-electron chi connectivity index (χ0n) is 16.5. The smallest absolute Gasteiger partial charge is 0.261 e. The summed E-state index contributed by atoms with van der Waals surface area (Å²) in [7, 11) is 1.58.